The van der Waals surface area contributed by atoms with Crippen LogP contribution in [0.15, 0.2) is 40.5 Å². The van der Waals surface area contributed by atoms with E-state index < -0.39 is 61.1 Å². The lowest BCUT2D eigenvalue weighted by Crippen LogP contribution is -2.59. The van der Waals surface area contributed by atoms with Crippen LogP contribution in [-0.2, 0) is 28.5 Å². The van der Waals surface area contributed by atoms with Gasteiger partial charge in [0.25, 0.3) is 0 Å². The number of aliphatic hydroxyl groups is 4. The van der Waals surface area contributed by atoms with Crippen LogP contribution in [0.3, 0.4) is 0 Å². The molecule has 7 atom stereocenters. The quantitative estimate of drug-likeness (QED) is 0.273. The van der Waals surface area contributed by atoms with E-state index in [1.54, 1.807) is 38.1 Å². The lowest BCUT2D eigenvalue weighted by atomic mass is 9.75. The molecular formula is C24H30ClNO10. The Hall–Kier alpha value is -2.38. The maximum atomic E-state index is 13.2. The molecule has 0 spiro atoms. The third-order valence-electron chi connectivity index (χ3n) is 6.19. The summed E-state index contributed by atoms with van der Waals surface area (Å²) in [4.78, 5) is 30.2. The molecule has 2 heterocycles. The van der Waals surface area contributed by atoms with Crippen LogP contribution in [0.4, 0.5) is 0 Å². The second-order valence-electron chi connectivity index (χ2n) is 8.46. The number of esters is 2. The van der Waals surface area contributed by atoms with Crippen LogP contribution in [0.25, 0.3) is 0 Å². The second kappa shape index (κ2) is 12.2. The third-order valence-corrected chi connectivity index (χ3v) is 6.53. The van der Waals surface area contributed by atoms with E-state index >= 15 is 0 Å². The number of halogens is 1. The van der Waals surface area contributed by atoms with Crippen LogP contribution in [0.2, 0.25) is 5.02 Å². The van der Waals surface area contributed by atoms with E-state index in [0.29, 0.717) is 22.0 Å². The van der Waals surface area contributed by atoms with Crippen molar-refractivity contribution in [1.82, 2.24) is 0 Å². The van der Waals surface area contributed by atoms with E-state index in [1.807, 2.05) is 0 Å². The third kappa shape index (κ3) is 5.78. The van der Waals surface area contributed by atoms with Crippen molar-refractivity contribution in [3.63, 3.8) is 0 Å². The van der Waals surface area contributed by atoms with Gasteiger partial charge in [0, 0.05) is 22.3 Å². The smallest absolute Gasteiger partial charge is 0.336 e. The number of benzene rings is 1. The van der Waals surface area contributed by atoms with Gasteiger partial charge in [-0.25, -0.2) is 4.79 Å². The molecule has 0 aliphatic carbocycles. The summed E-state index contributed by atoms with van der Waals surface area (Å²) in [5, 5.41) is 39.4. The summed E-state index contributed by atoms with van der Waals surface area (Å²) in [5.41, 5.74) is 1.49. The van der Waals surface area contributed by atoms with Gasteiger partial charge in [0.2, 0.25) is 0 Å². The molecule has 2 aliphatic rings. The van der Waals surface area contributed by atoms with Crippen LogP contribution in [-0.4, -0.2) is 95.7 Å². The zero-order valence-corrected chi connectivity index (χ0v) is 20.8. The highest BCUT2D eigenvalue weighted by Crippen LogP contribution is 2.42. The number of carbonyl (C=O) groups excluding carboxylic acids is 2. The number of hydrogen-bond donors (Lipinski definition) is 4. The molecule has 2 unspecified atom stereocenters. The van der Waals surface area contributed by atoms with Gasteiger partial charge in [0.15, 0.2) is 6.29 Å². The summed E-state index contributed by atoms with van der Waals surface area (Å²) in [7, 11) is 1.25. The lowest BCUT2D eigenvalue weighted by molar-refractivity contribution is -0.302. The number of aliphatic hydroxyl groups excluding tert-OH is 4. The average molecular weight is 528 g/mol. The Morgan fingerprint density at radius 2 is 1.78 bits per heavy atom. The van der Waals surface area contributed by atoms with E-state index in [-0.39, 0.29) is 18.8 Å². The second-order valence-corrected chi connectivity index (χ2v) is 8.86. The first-order chi connectivity index (χ1) is 17.1. The Morgan fingerprint density at radius 3 is 2.42 bits per heavy atom. The lowest BCUT2D eigenvalue weighted by Gasteiger charge is -2.39. The highest BCUT2D eigenvalue weighted by atomic mass is 35.5. The summed E-state index contributed by atoms with van der Waals surface area (Å²) < 4.78 is 21.0. The molecule has 1 fully saturated rings. The summed E-state index contributed by atoms with van der Waals surface area (Å²) in [5.74, 6) is -3.03. The minimum absolute atomic E-state index is 0.136. The van der Waals surface area contributed by atoms with Gasteiger partial charge in [-0.2, -0.15) is 0 Å². The molecule has 36 heavy (non-hydrogen) atoms. The Bertz CT molecular complexity index is 1030. The van der Waals surface area contributed by atoms with Gasteiger partial charge < -0.3 is 39.4 Å². The standard InChI is InChI=1S/C24H30ClNO10/c1-11-16(22(31)33-3)18(13-6-4-5-7-14(13)25)17(12(2)26-11)23(32)34-8-9-35-24-21(30)20(29)19(28)15(10-27)36-24/h4-7,15-16,18-21,24,27-30H,8-10H2,1-3H3/t15-,16?,18?,19-,20+,21-,24-/m1/s1. The SMILES string of the molecule is COC(=O)C1C(C)=NC(C)=C(C(=O)OCCO[C@@H]2O[C@H](CO)[C@@H](O)[C@H](O)[C@H]2O)C1c1ccccc1Cl. The number of carbonyl (C=O) groups is 2. The highest BCUT2D eigenvalue weighted by Gasteiger charge is 2.45. The monoisotopic (exact) mass is 527 g/mol. The molecule has 2 aliphatic heterocycles. The molecule has 12 heteroatoms. The van der Waals surface area contributed by atoms with Gasteiger partial charge in [0.1, 0.15) is 36.9 Å². The van der Waals surface area contributed by atoms with Gasteiger partial charge in [-0.1, -0.05) is 29.8 Å². The molecule has 1 saturated heterocycles. The maximum absolute atomic E-state index is 13.2. The molecule has 198 valence electrons. The number of hydrogen-bond acceptors (Lipinski definition) is 11. The van der Waals surface area contributed by atoms with Crippen molar-refractivity contribution in [3.8, 4) is 0 Å². The first-order valence-corrected chi connectivity index (χ1v) is 11.7. The van der Waals surface area contributed by atoms with Crippen molar-refractivity contribution in [1.29, 1.82) is 0 Å². The van der Waals surface area contributed by atoms with E-state index in [4.69, 9.17) is 30.5 Å². The Morgan fingerprint density at radius 1 is 1.08 bits per heavy atom. The number of allylic oxidation sites excluding steroid dienone is 1. The molecular weight excluding hydrogens is 498 g/mol. The Labute approximate surface area is 212 Å². The van der Waals surface area contributed by atoms with Gasteiger partial charge in [-0.05, 0) is 25.5 Å². The largest absolute Gasteiger partial charge is 0.468 e. The molecule has 0 radical (unpaired) electrons. The summed E-state index contributed by atoms with van der Waals surface area (Å²) in [6, 6.07) is 6.83. The Kier molecular flexibility index (Phi) is 9.59. The van der Waals surface area contributed by atoms with E-state index in [0.717, 1.165) is 0 Å². The molecule has 4 N–H and O–H groups in total. The predicted octanol–water partition coefficient (Wildman–Crippen LogP) is 0.321. The number of ether oxygens (including phenoxy) is 4. The molecule has 11 nitrogen and oxygen atoms in total. The van der Waals surface area contributed by atoms with Crippen molar-refractivity contribution in [2.45, 2.75) is 50.5 Å². The molecule has 1 aromatic carbocycles. The van der Waals surface area contributed by atoms with Crippen molar-refractivity contribution < 1.29 is 49.0 Å². The first kappa shape index (κ1) is 28.2. The summed E-state index contributed by atoms with van der Waals surface area (Å²) in [6.45, 7) is 2.19. The fourth-order valence-electron chi connectivity index (χ4n) is 4.38. The molecule has 0 amide bonds. The number of rotatable bonds is 8. The van der Waals surface area contributed by atoms with Crippen molar-refractivity contribution in [2.24, 2.45) is 10.9 Å². The van der Waals surface area contributed by atoms with Crippen LogP contribution >= 0.6 is 11.6 Å². The number of nitrogens with zero attached hydrogens (tertiary/aromatic N) is 1. The minimum atomic E-state index is -1.59. The van der Waals surface area contributed by atoms with Crippen LogP contribution in [0.5, 0.6) is 0 Å². The van der Waals surface area contributed by atoms with Gasteiger partial charge >= 0.3 is 11.9 Å². The maximum Gasteiger partial charge on any atom is 0.336 e. The fourth-order valence-corrected chi connectivity index (χ4v) is 4.63. The van der Waals surface area contributed by atoms with Crippen molar-refractivity contribution in [2.75, 3.05) is 26.9 Å². The topological polar surface area (TPSA) is 164 Å². The molecule has 1 aromatic rings. The molecule has 0 saturated carbocycles. The highest BCUT2D eigenvalue weighted by molar-refractivity contribution is 6.31. The zero-order chi connectivity index (χ0) is 26.6. The van der Waals surface area contributed by atoms with Gasteiger partial charge in [-0.3, -0.25) is 9.79 Å². The van der Waals surface area contributed by atoms with Gasteiger partial charge in [0.05, 0.1) is 25.9 Å². The summed E-state index contributed by atoms with van der Waals surface area (Å²) >= 11 is 6.43. The average Bonchev–Trinajstić information content (AvgIpc) is 2.85. The summed E-state index contributed by atoms with van der Waals surface area (Å²) in [6.07, 6.45) is -7.17. The van der Waals surface area contributed by atoms with Crippen LogP contribution < -0.4 is 0 Å². The van der Waals surface area contributed by atoms with E-state index in [1.165, 1.54) is 7.11 Å². The number of aliphatic imine (C=N–C) groups is 1. The fraction of sp³-hybridized carbons (Fsp3) is 0.542. The first-order valence-electron chi connectivity index (χ1n) is 11.3. The van der Waals surface area contributed by atoms with Crippen LogP contribution in [0, 0.1) is 5.92 Å². The zero-order valence-electron chi connectivity index (χ0n) is 20.0. The van der Waals surface area contributed by atoms with Crippen molar-refractivity contribution in [3.05, 3.63) is 46.1 Å². The van der Waals surface area contributed by atoms with E-state index in [9.17, 15) is 30.0 Å². The predicted molar refractivity (Wildman–Crippen MR) is 126 cm³/mol. The molecule has 0 aromatic heterocycles. The van der Waals surface area contributed by atoms with Gasteiger partial charge in [-0.15, -0.1) is 0 Å². The normalized spacial score (nSPS) is 30.6. The van der Waals surface area contributed by atoms with Crippen LogP contribution in [0.1, 0.15) is 25.3 Å². The molecule has 3 rings (SSSR count). The van der Waals surface area contributed by atoms with Crippen molar-refractivity contribution >= 4 is 29.3 Å². The number of methoxy groups -OCH3 is 1. The Balaban J connectivity index is 1.75. The van der Waals surface area contributed by atoms with E-state index in [2.05, 4.69) is 4.99 Å². The minimum Gasteiger partial charge on any atom is -0.468 e. The molecule has 0 bridgehead atoms.